The van der Waals surface area contributed by atoms with Crippen LogP contribution in [0.2, 0.25) is 0 Å². The van der Waals surface area contributed by atoms with Crippen LogP contribution in [0.5, 0.6) is 0 Å². The first kappa shape index (κ1) is 35.2. The molecular formula is C18H13NO5SW. The summed E-state index contributed by atoms with van der Waals surface area (Å²) < 4.78 is 38.6. The van der Waals surface area contributed by atoms with Crippen LogP contribution in [0, 0.1) is 45.1 Å². The Morgan fingerprint density at radius 1 is 1.00 bits per heavy atom. The van der Waals surface area contributed by atoms with Gasteiger partial charge < -0.3 is 0 Å². The van der Waals surface area contributed by atoms with Crippen LogP contribution >= 0.6 is 11.8 Å². The van der Waals surface area contributed by atoms with E-state index in [-0.39, 0.29) is 0 Å². The molecule has 132 valence electrons. The Morgan fingerprint density at radius 2 is 1.46 bits per heavy atom. The Bertz CT molecular complexity index is 587. The summed E-state index contributed by atoms with van der Waals surface area (Å²) in [5, 5.41) is 5.34. The zero-order valence-corrected chi connectivity index (χ0v) is 17.4. The second kappa shape index (κ2) is 43.5. The molecule has 0 spiro atoms. The SMILES string of the molecule is CS/C=C\CN[C](=[W])C#Cc1ccccc1.[C-]#[O+].[C-]#[O+].[C-]#[O+].[C-]#[O+].[C-]#[O+]. The van der Waals surface area contributed by atoms with E-state index >= 15 is 0 Å². The zero-order valence-electron chi connectivity index (χ0n) is 13.6. The predicted molar refractivity (Wildman–Crippen MR) is 88.6 cm³/mol. The third kappa shape index (κ3) is 33.6. The van der Waals surface area contributed by atoms with Crippen molar-refractivity contribution >= 4 is 15.8 Å². The summed E-state index contributed by atoms with van der Waals surface area (Å²) >= 11 is 3.08. The molecule has 1 aromatic rings. The van der Waals surface area contributed by atoms with E-state index in [1.165, 1.54) is 19.4 Å². The van der Waals surface area contributed by atoms with Crippen LogP contribution in [0.25, 0.3) is 0 Å². The zero-order chi connectivity index (χ0) is 21.6. The van der Waals surface area contributed by atoms with Crippen molar-refractivity contribution in [2.75, 3.05) is 12.8 Å². The molecule has 1 rings (SSSR count). The molecule has 0 heterocycles. The van der Waals surface area contributed by atoms with E-state index in [0.29, 0.717) is 0 Å². The van der Waals surface area contributed by atoms with E-state index in [9.17, 15) is 0 Å². The van der Waals surface area contributed by atoms with Crippen LogP contribution in [0.1, 0.15) is 5.56 Å². The summed E-state index contributed by atoms with van der Waals surface area (Å²) in [5.74, 6) is 6.26. The van der Waals surface area contributed by atoms with Crippen LogP contribution in [-0.2, 0) is 42.6 Å². The van der Waals surface area contributed by atoms with Crippen molar-refractivity contribution in [2.45, 2.75) is 0 Å². The Kier molecular flexibility index (Phi) is 59.0. The minimum atomic E-state index is 0.850. The van der Waals surface area contributed by atoms with Crippen molar-refractivity contribution in [3.05, 3.63) is 80.6 Å². The van der Waals surface area contributed by atoms with Gasteiger partial charge in [0.25, 0.3) is 0 Å². The van der Waals surface area contributed by atoms with Gasteiger partial charge in [0, 0.05) is 0 Å². The fourth-order valence-corrected chi connectivity index (χ4v) is 1.76. The van der Waals surface area contributed by atoms with E-state index in [1.54, 1.807) is 11.8 Å². The quantitative estimate of drug-likeness (QED) is 0.359. The van der Waals surface area contributed by atoms with Gasteiger partial charge in [-0.3, -0.25) is 0 Å². The first-order chi connectivity index (χ1) is 12.8. The minimum absolute atomic E-state index is 0.850. The first-order valence-electron chi connectivity index (χ1n) is 5.87. The Labute approximate surface area is 168 Å². The molecular weight excluding hydrogens is 526 g/mol. The molecule has 0 amide bonds. The molecule has 0 aliphatic rings. The molecule has 1 aromatic carbocycles. The van der Waals surface area contributed by atoms with Gasteiger partial charge in [-0.25, -0.2) is 0 Å². The van der Waals surface area contributed by atoms with Crippen molar-refractivity contribution in [3.8, 4) is 11.8 Å². The van der Waals surface area contributed by atoms with E-state index in [0.717, 1.165) is 16.1 Å². The van der Waals surface area contributed by atoms with Crippen molar-refractivity contribution in [3.63, 3.8) is 0 Å². The van der Waals surface area contributed by atoms with E-state index in [1.807, 2.05) is 36.6 Å². The first-order valence-corrected chi connectivity index (χ1v) is 8.63. The van der Waals surface area contributed by atoms with Crippen LogP contribution in [-0.4, -0.2) is 16.8 Å². The summed E-state index contributed by atoms with van der Waals surface area (Å²) in [7, 11) is 0. The van der Waals surface area contributed by atoms with Crippen LogP contribution in [0.4, 0.5) is 0 Å². The number of rotatable bonds is 4. The molecule has 6 nitrogen and oxygen atoms in total. The molecule has 0 saturated heterocycles. The average molecular weight is 539 g/mol. The summed E-state index contributed by atoms with van der Waals surface area (Å²) in [6.45, 7) is 23.4. The number of hydrogen-bond acceptors (Lipinski definition) is 2. The Balaban J connectivity index is -0.000000127. The summed E-state index contributed by atoms with van der Waals surface area (Å²) in [4.78, 5) is 0. The van der Waals surface area contributed by atoms with Crippen LogP contribution < -0.4 is 5.32 Å². The molecule has 26 heavy (non-hydrogen) atoms. The van der Waals surface area contributed by atoms with Gasteiger partial charge in [0.2, 0.25) is 0 Å². The molecule has 0 fully saturated rings. The second-order valence-electron chi connectivity index (χ2n) is 2.93. The van der Waals surface area contributed by atoms with Gasteiger partial charge in [-0.2, -0.15) is 0 Å². The van der Waals surface area contributed by atoms with Gasteiger partial charge in [0.1, 0.15) is 0 Å². The molecule has 0 aliphatic heterocycles. The molecule has 0 unspecified atom stereocenters. The molecule has 0 radical (unpaired) electrons. The molecule has 0 aromatic heterocycles. The van der Waals surface area contributed by atoms with Gasteiger partial charge in [0.15, 0.2) is 0 Å². The summed E-state index contributed by atoms with van der Waals surface area (Å²) in [5.41, 5.74) is 1.06. The Morgan fingerprint density at radius 3 is 1.88 bits per heavy atom. The van der Waals surface area contributed by atoms with Gasteiger partial charge in [0.05, 0.1) is 0 Å². The van der Waals surface area contributed by atoms with E-state index in [2.05, 4.69) is 61.9 Å². The fraction of sp³-hybridized carbons (Fsp3) is 0.111. The average Bonchev–Trinajstić information content (AvgIpc) is 2.77. The van der Waals surface area contributed by atoms with Crippen molar-refractivity contribution in [1.82, 2.24) is 5.32 Å². The van der Waals surface area contributed by atoms with Gasteiger partial charge in [-0.1, -0.05) is 0 Å². The number of hydrogen-bond donors (Lipinski definition) is 1. The van der Waals surface area contributed by atoms with Crippen molar-refractivity contribution < 1.29 is 42.6 Å². The maximum absolute atomic E-state index is 7.50. The van der Waals surface area contributed by atoms with E-state index in [4.69, 9.17) is 23.3 Å². The fourth-order valence-electron chi connectivity index (χ4n) is 0.991. The third-order valence-corrected chi connectivity index (χ3v) is 3.06. The third-order valence-electron chi connectivity index (χ3n) is 1.71. The molecule has 8 heteroatoms. The second-order valence-corrected chi connectivity index (χ2v) is 5.14. The monoisotopic (exact) mass is 539 g/mol. The maximum atomic E-state index is 7.50. The van der Waals surface area contributed by atoms with Crippen LogP contribution in [0.3, 0.4) is 0 Å². The van der Waals surface area contributed by atoms with Gasteiger partial charge >= 0.3 is 169 Å². The standard InChI is InChI=1S/C13H13NS.5CO.W/c1-15-12-6-11-14-10-5-9-13-7-3-2-4-8-13;5*1-2;/h2-4,6-8,12,14H,11H2,1H3;;;;;;/b12-6-;;;;;;. The van der Waals surface area contributed by atoms with E-state index < -0.39 is 0 Å². The summed E-state index contributed by atoms with van der Waals surface area (Å²) in [6, 6.07) is 10.0. The van der Waals surface area contributed by atoms with Crippen LogP contribution in [0.15, 0.2) is 41.8 Å². The number of thioether (sulfide) groups is 1. The van der Waals surface area contributed by atoms with Crippen molar-refractivity contribution in [2.24, 2.45) is 0 Å². The van der Waals surface area contributed by atoms with Crippen molar-refractivity contribution in [1.29, 1.82) is 0 Å². The predicted octanol–water partition coefficient (Wildman–Crippen LogP) is 1.99. The Hall–Kier alpha value is -1.91. The molecule has 0 bridgehead atoms. The van der Waals surface area contributed by atoms with Gasteiger partial charge in [-0.15, -0.1) is 0 Å². The number of nitrogens with one attached hydrogen (secondary N) is 1. The topological polar surface area (TPSA) is 112 Å². The number of benzene rings is 1. The molecule has 0 aliphatic carbocycles. The molecule has 1 N–H and O–H groups in total. The molecule has 0 atom stereocenters. The summed E-state index contributed by atoms with van der Waals surface area (Å²) in [6.07, 6.45) is 4.14. The molecule has 0 saturated carbocycles. The normalized spacial score (nSPS) is 6.42. The van der Waals surface area contributed by atoms with Gasteiger partial charge in [-0.05, 0) is 0 Å².